The number of hydrogen-bond acceptors (Lipinski definition) is 6. The average Bonchev–Trinajstić information content (AvgIpc) is 2.90. The number of carbonyl (C=O) groups excluding carboxylic acids is 3. The number of para-hydroxylation sites is 1. The zero-order valence-corrected chi connectivity index (χ0v) is 22.9. The molecule has 3 amide bonds. The number of benzene rings is 3. The second-order valence-electron chi connectivity index (χ2n) is 8.10. The second kappa shape index (κ2) is 13.9. The third kappa shape index (κ3) is 8.17. The van der Waals surface area contributed by atoms with Gasteiger partial charge in [-0.25, -0.2) is 5.43 Å². The molecule has 0 fully saturated rings. The molecule has 10 heteroatoms. The molecule has 0 bridgehead atoms. The van der Waals surface area contributed by atoms with Crippen molar-refractivity contribution in [2.75, 3.05) is 23.8 Å². The number of rotatable bonds is 10. The molecule has 0 saturated heterocycles. The Balaban J connectivity index is 1.57. The van der Waals surface area contributed by atoms with E-state index >= 15 is 0 Å². The zero-order valence-electron chi connectivity index (χ0n) is 21.3. The first kappa shape index (κ1) is 28.4. The maximum absolute atomic E-state index is 12.4. The van der Waals surface area contributed by atoms with Crippen LogP contribution in [0.2, 0.25) is 0 Å². The van der Waals surface area contributed by atoms with Crippen molar-refractivity contribution in [1.82, 2.24) is 5.43 Å². The first-order valence-corrected chi connectivity index (χ1v) is 12.8. The van der Waals surface area contributed by atoms with Crippen LogP contribution in [0.5, 0.6) is 11.5 Å². The molecule has 0 spiro atoms. The molecule has 0 saturated carbocycles. The van der Waals surface area contributed by atoms with E-state index in [0.717, 1.165) is 15.6 Å². The largest absolute Gasteiger partial charge is 0.490 e. The minimum atomic E-state index is -0.899. The van der Waals surface area contributed by atoms with Gasteiger partial charge in [-0.3, -0.25) is 14.4 Å². The van der Waals surface area contributed by atoms with Gasteiger partial charge < -0.3 is 20.1 Å². The lowest BCUT2D eigenvalue weighted by Gasteiger charge is -2.13. The van der Waals surface area contributed by atoms with Gasteiger partial charge in [0.15, 0.2) is 18.1 Å². The molecule has 38 heavy (non-hydrogen) atoms. The van der Waals surface area contributed by atoms with Gasteiger partial charge in [0.2, 0.25) is 0 Å². The van der Waals surface area contributed by atoms with E-state index in [1.165, 1.54) is 6.21 Å². The van der Waals surface area contributed by atoms with Crippen molar-refractivity contribution in [2.45, 2.75) is 27.2 Å². The van der Waals surface area contributed by atoms with Crippen molar-refractivity contribution in [3.05, 3.63) is 81.8 Å². The minimum absolute atomic E-state index is 0.213. The Morgan fingerprint density at radius 3 is 2.42 bits per heavy atom. The third-order valence-corrected chi connectivity index (χ3v) is 5.81. The van der Waals surface area contributed by atoms with Gasteiger partial charge in [-0.15, -0.1) is 0 Å². The standard InChI is InChI=1S/C28H29BrN4O5/c1-4-20-8-6-7-9-23(20)32-27(35)28(36)33-30-16-19-10-13-24(25(15-19)37-5-2)38-17-26(34)31-22-12-11-21(29)14-18(22)3/h6-16H,4-5,17H2,1-3H3,(H,31,34)(H,32,35)(H,33,36)/b30-16-. The van der Waals surface area contributed by atoms with Crippen LogP contribution in [0.1, 0.15) is 30.5 Å². The van der Waals surface area contributed by atoms with Crippen molar-refractivity contribution < 1.29 is 23.9 Å². The summed E-state index contributed by atoms with van der Waals surface area (Å²) in [5.74, 6) is -1.25. The van der Waals surface area contributed by atoms with E-state index in [1.807, 2.05) is 51.1 Å². The van der Waals surface area contributed by atoms with Gasteiger partial charge in [-0.1, -0.05) is 41.1 Å². The topological polar surface area (TPSA) is 118 Å². The van der Waals surface area contributed by atoms with Crippen molar-refractivity contribution in [2.24, 2.45) is 5.10 Å². The number of hydrogen-bond donors (Lipinski definition) is 3. The van der Waals surface area contributed by atoms with Crippen LogP contribution in [0.3, 0.4) is 0 Å². The molecular formula is C28H29BrN4O5. The van der Waals surface area contributed by atoms with Gasteiger partial charge in [0.1, 0.15) is 0 Å². The SMILES string of the molecule is CCOc1cc(/C=N\NC(=O)C(=O)Nc2ccccc2CC)ccc1OCC(=O)Nc1ccc(Br)cc1C. The van der Waals surface area contributed by atoms with Crippen LogP contribution < -0.4 is 25.5 Å². The Morgan fingerprint density at radius 2 is 1.68 bits per heavy atom. The number of ether oxygens (including phenoxy) is 2. The molecule has 0 aliphatic heterocycles. The van der Waals surface area contributed by atoms with Gasteiger partial charge in [0.05, 0.1) is 12.8 Å². The van der Waals surface area contributed by atoms with Gasteiger partial charge in [-0.2, -0.15) is 5.10 Å². The third-order valence-electron chi connectivity index (χ3n) is 5.32. The van der Waals surface area contributed by atoms with E-state index in [-0.39, 0.29) is 12.5 Å². The van der Waals surface area contributed by atoms with Gasteiger partial charge >= 0.3 is 11.8 Å². The lowest BCUT2D eigenvalue weighted by molar-refractivity contribution is -0.136. The molecule has 198 valence electrons. The molecule has 3 rings (SSSR count). The summed E-state index contributed by atoms with van der Waals surface area (Å²) < 4.78 is 12.2. The predicted molar refractivity (Wildman–Crippen MR) is 151 cm³/mol. The fourth-order valence-electron chi connectivity index (χ4n) is 3.44. The summed E-state index contributed by atoms with van der Waals surface area (Å²) in [5.41, 5.74) is 5.92. The van der Waals surface area contributed by atoms with Crippen LogP contribution >= 0.6 is 15.9 Å². The number of hydrazone groups is 1. The predicted octanol–water partition coefficient (Wildman–Crippen LogP) is 4.82. The molecule has 0 heterocycles. The van der Waals surface area contributed by atoms with Crippen molar-refractivity contribution >= 4 is 51.2 Å². The van der Waals surface area contributed by atoms with E-state index < -0.39 is 11.8 Å². The molecule has 3 aromatic rings. The Morgan fingerprint density at radius 1 is 0.895 bits per heavy atom. The molecular weight excluding hydrogens is 552 g/mol. The van der Waals surface area contributed by atoms with Crippen LogP contribution in [0.4, 0.5) is 11.4 Å². The quantitative estimate of drug-likeness (QED) is 0.180. The van der Waals surface area contributed by atoms with E-state index in [4.69, 9.17) is 9.47 Å². The fourth-order valence-corrected chi connectivity index (χ4v) is 3.91. The number of aryl methyl sites for hydroxylation is 2. The van der Waals surface area contributed by atoms with Gasteiger partial charge in [0.25, 0.3) is 5.91 Å². The lowest BCUT2D eigenvalue weighted by Crippen LogP contribution is -2.32. The van der Waals surface area contributed by atoms with Crippen LogP contribution in [0, 0.1) is 6.92 Å². The molecule has 0 aliphatic rings. The van der Waals surface area contributed by atoms with E-state index in [1.54, 1.807) is 30.3 Å². The van der Waals surface area contributed by atoms with Crippen molar-refractivity contribution in [3.8, 4) is 11.5 Å². The maximum atomic E-state index is 12.4. The highest BCUT2D eigenvalue weighted by Crippen LogP contribution is 2.28. The Kier molecular flexibility index (Phi) is 10.4. The van der Waals surface area contributed by atoms with Crippen LogP contribution in [0.15, 0.2) is 70.2 Å². The zero-order chi connectivity index (χ0) is 27.5. The Bertz CT molecular complexity index is 1340. The molecule has 3 N–H and O–H groups in total. The van der Waals surface area contributed by atoms with Crippen LogP contribution in [0.25, 0.3) is 0 Å². The minimum Gasteiger partial charge on any atom is -0.490 e. The number of nitrogens with zero attached hydrogens (tertiary/aromatic N) is 1. The average molecular weight is 581 g/mol. The van der Waals surface area contributed by atoms with Crippen molar-refractivity contribution in [1.29, 1.82) is 0 Å². The summed E-state index contributed by atoms with van der Waals surface area (Å²) in [7, 11) is 0. The number of amides is 3. The highest BCUT2D eigenvalue weighted by Gasteiger charge is 2.14. The summed E-state index contributed by atoms with van der Waals surface area (Å²) in [5, 5.41) is 9.27. The first-order valence-electron chi connectivity index (χ1n) is 12.0. The van der Waals surface area contributed by atoms with Crippen LogP contribution in [-0.2, 0) is 20.8 Å². The number of carbonyl (C=O) groups is 3. The molecule has 0 aromatic heterocycles. The highest BCUT2D eigenvalue weighted by atomic mass is 79.9. The van der Waals surface area contributed by atoms with Gasteiger partial charge in [0, 0.05) is 15.8 Å². The number of halogens is 1. The molecule has 0 unspecified atom stereocenters. The number of anilines is 2. The molecule has 9 nitrogen and oxygen atoms in total. The molecule has 0 aliphatic carbocycles. The summed E-state index contributed by atoms with van der Waals surface area (Å²) in [6.07, 6.45) is 2.09. The molecule has 0 atom stereocenters. The molecule has 0 radical (unpaired) electrons. The smallest absolute Gasteiger partial charge is 0.329 e. The lowest BCUT2D eigenvalue weighted by atomic mass is 10.1. The Hall–Kier alpha value is -4.18. The highest BCUT2D eigenvalue weighted by molar-refractivity contribution is 9.10. The normalized spacial score (nSPS) is 10.6. The van der Waals surface area contributed by atoms with E-state index in [0.29, 0.717) is 41.5 Å². The van der Waals surface area contributed by atoms with Gasteiger partial charge in [-0.05, 0) is 79.4 Å². The summed E-state index contributed by atoms with van der Waals surface area (Å²) >= 11 is 3.40. The summed E-state index contributed by atoms with van der Waals surface area (Å²) in [6, 6.07) is 17.8. The van der Waals surface area contributed by atoms with Crippen molar-refractivity contribution in [3.63, 3.8) is 0 Å². The number of nitrogens with one attached hydrogen (secondary N) is 3. The maximum Gasteiger partial charge on any atom is 0.329 e. The second-order valence-corrected chi connectivity index (χ2v) is 9.01. The first-order chi connectivity index (χ1) is 18.3. The monoisotopic (exact) mass is 580 g/mol. The van der Waals surface area contributed by atoms with E-state index in [2.05, 4.69) is 37.1 Å². The molecule has 3 aromatic carbocycles. The van der Waals surface area contributed by atoms with E-state index in [9.17, 15) is 14.4 Å². The fraction of sp³-hybridized carbons (Fsp3) is 0.214. The summed E-state index contributed by atoms with van der Waals surface area (Å²) in [6.45, 7) is 5.84. The summed E-state index contributed by atoms with van der Waals surface area (Å²) in [4.78, 5) is 36.8. The Labute approximate surface area is 229 Å². The van der Waals surface area contributed by atoms with Crippen LogP contribution in [-0.4, -0.2) is 37.1 Å².